The molecule has 0 spiro atoms. The minimum atomic E-state index is 0.0479. The van der Waals surface area contributed by atoms with E-state index in [0.717, 1.165) is 29.4 Å². The zero-order chi connectivity index (χ0) is 11.7. The zero-order valence-corrected chi connectivity index (χ0v) is 9.58. The van der Waals surface area contributed by atoms with Crippen molar-refractivity contribution in [3.63, 3.8) is 0 Å². The lowest BCUT2D eigenvalue weighted by Crippen LogP contribution is -2.04. The Bertz CT molecular complexity index is 517. The van der Waals surface area contributed by atoms with Gasteiger partial charge >= 0.3 is 0 Å². The highest BCUT2D eigenvalue weighted by atomic mass is 16.3. The van der Waals surface area contributed by atoms with E-state index in [0.29, 0.717) is 0 Å². The molecule has 17 heavy (non-hydrogen) atoms. The fourth-order valence-corrected chi connectivity index (χ4v) is 1.95. The lowest BCUT2D eigenvalue weighted by molar-refractivity contribution is 0.282. The summed E-state index contributed by atoms with van der Waals surface area (Å²) in [5.74, 6) is 0.787. The van der Waals surface area contributed by atoms with Gasteiger partial charge in [0.05, 0.1) is 18.0 Å². The molecule has 1 fully saturated rings. The van der Waals surface area contributed by atoms with Gasteiger partial charge in [-0.15, -0.1) is 0 Å². The summed E-state index contributed by atoms with van der Waals surface area (Å²) in [6.45, 7) is 1.03. The molecule has 1 aliphatic carbocycles. The highest BCUT2D eigenvalue weighted by molar-refractivity contribution is 5.54. The monoisotopic (exact) mass is 229 g/mol. The molecule has 1 N–H and O–H groups in total. The molecule has 4 nitrogen and oxygen atoms in total. The molecule has 0 unspecified atom stereocenters. The van der Waals surface area contributed by atoms with Gasteiger partial charge in [0.2, 0.25) is 0 Å². The molecule has 0 aliphatic heterocycles. The molecule has 2 heterocycles. The summed E-state index contributed by atoms with van der Waals surface area (Å²) in [5, 5.41) is 13.5. The second kappa shape index (κ2) is 4.30. The molecular formula is C13H15N3O. The van der Waals surface area contributed by atoms with Gasteiger partial charge in [0, 0.05) is 18.9 Å². The van der Waals surface area contributed by atoms with Crippen molar-refractivity contribution in [1.82, 2.24) is 14.8 Å². The Balaban J connectivity index is 1.93. The Kier molecular flexibility index (Phi) is 2.65. The SMILES string of the molecule is OCc1ccnc(-c2ccnn2CC2CC2)c1. The third-order valence-corrected chi connectivity index (χ3v) is 3.11. The van der Waals surface area contributed by atoms with Crippen LogP contribution in [0.3, 0.4) is 0 Å². The maximum absolute atomic E-state index is 9.13. The van der Waals surface area contributed by atoms with E-state index in [1.165, 1.54) is 12.8 Å². The van der Waals surface area contributed by atoms with Crippen LogP contribution < -0.4 is 0 Å². The molecule has 2 aromatic rings. The minimum Gasteiger partial charge on any atom is -0.392 e. The van der Waals surface area contributed by atoms with Crippen molar-refractivity contribution in [3.05, 3.63) is 36.2 Å². The summed E-state index contributed by atoms with van der Waals surface area (Å²) in [5.41, 5.74) is 2.80. The molecule has 0 bridgehead atoms. The summed E-state index contributed by atoms with van der Waals surface area (Å²) in [6.07, 6.45) is 6.16. The van der Waals surface area contributed by atoms with Gasteiger partial charge in [-0.05, 0) is 42.5 Å². The normalized spacial score (nSPS) is 15.1. The number of pyridine rings is 1. The van der Waals surface area contributed by atoms with E-state index < -0.39 is 0 Å². The van der Waals surface area contributed by atoms with Crippen molar-refractivity contribution < 1.29 is 5.11 Å². The van der Waals surface area contributed by atoms with Crippen molar-refractivity contribution in [2.75, 3.05) is 0 Å². The van der Waals surface area contributed by atoms with E-state index in [9.17, 15) is 0 Å². The van der Waals surface area contributed by atoms with Crippen LogP contribution in [0.15, 0.2) is 30.6 Å². The summed E-state index contributed by atoms with van der Waals surface area (Å²) in [4.78, 5) is 4.35. The van der Waals surface area contributed by atoms with Crippen LogP contribution in [0, 0.1) is 5.92 Å². The second-order valence-corrected chi connectivity index (χ2v) is 4.55. The summed E-state index contributed by atoms with van der Waals surface area (Å²) in [6, 6.07) is 5.72. The van der Waals surface area contributed by atoms with Crippen LogP contribution in [0.2, 0.25) is 0 Å². The Morgan fingerprint density at radius 1 is 1.29 bits per heavy atom. The first-order chi connectivity index (χ1) is 8.36. The summed E-state index contributed by atoms with van der Waals surface area (Å²) < 4.78 is 2.02. The number of nitrogens with zero attached hydrogens (tertiary/aromatic N) is 3. The Morgan fingerprint density at radius 2 is 2.18 bits per heavy atom. The van der Waals surface area contributed by atoms with Crippen molar-refractivity contribution in [3.8, 4) is 11.4 Å². The highest BCUT2D eigenvalue weighted by Gasteiger charge is 2.23. The molecule has 0 aromatic carbocycles. The van der Waals surface area contributed by atoms with Crippen molar-refractivity contribution >= 4 is 0 Å². The molecule has 0 radical (unpaired) electrons. The quantitative estimate of drug-likeness (QED) is 0.870. The average molecular weight is 229 g/mol. The van der Waals surface area contributed by atoms with Gasteiger partial charge < -0.3 is 5.11 Å². The molecule has 0 amide bonds. The number of hydrogen-bond acceptors (Lipinski definition) is 3. The third kappa shape index (κ3) is 2.22. The lowest BCUT2D eigenvalue weighted by Gasteiger charge is -2.06. The maximum atomic E-state index is 9.13. The van der Waals surface area contributed by atoms with Crippen LogP contribution >= 0.6 is 0 Å². The van der Waals surface area contributed by atoms with Crippen molar-refractivity contribution in [2.24, 2.45) is 5.92 Å². The molecule has 2 aromatic heterocycles. The Labute approximate surface area is 99.9 Å². The first kappa shape index (κ1) is 10.5. The largest absolute Gasteiger partial charge is 0.392 e. The first-order valence-electron chi connectivity index (χ1n) is 5.95. The van der Waals surface area contributed by atoms with Gasteiger partial charge in [0.25, 0.3) is 0 Å². The van der Waals surface area contributed by atoms with Gasteiger partial charge in [0.1, 0.15) is 0 Å². The molecule has 3 rings (SSSR count). The zero-order valence-electron chi connectivity index (χ0n) is 9.58. The number of aliphatic hydroxyl groups is 1. The van der Waals surface area contributed by atoms with Gasteiger partial charge in [-0.1, -0.05) is 0 Å². The van der Waals surface area contributed by atoms with Crippen LogP contribution in [0.5, 0.6) is 0 Å². The maximum Gasteiger partial charge on any atom is 0.0886 e. The molecule has 1 saturated carbocycles. The van der Waals surface area contributed by atoms with Crippen molar-refractivity contribution in [2.45, 2.75) is 26.0 Å². The van der Waals surface area contributed by atoms with Crippen LogP contribution in [-0.4, -0.2) is 19.9 Å². The van der Waals surface area contributed by atoms with Gasteiger partial charge in [-0.2, -0.15) is 5.10 Å². The molecule has 1 aliphatic rings. The number of hydrogen-bond donors (Lipinski definition) is 1. The van der Waals surface area contributed by atoms with E-state index in [4.69, 9.17) is 5.11 Å². The molecule has 0 saturated heterocycles. The second-order valence-electron chi connectivity index (χ2n) is 4.55. The van der Waals surface area contributed by atoms with E-state index in [-0.39, 0.29) is 6.61 Å². The molecule has 88 valence electrons. The topological polar surface area (TPSA) is 50.9 Å². The van der Waals surface area contributed by atoms with E-state index in [1.807, 2.05) is 29.1 Å². The Morgan fingerprint density at radius 3 is 2.94 bits per heavy atom. The average Bonchev–Trinajstić information content (AvgIpc) is 3.06. The van der Waals surface area contributed by atoms with Gasteiger partial charge in [-0.3, -0.25) is 9.67 Å². The molecule has 4 heteroatoms. The van der Waals surface area contributed by atoms with Crippen LogP contribution in [-0.2, 0) is 13.2 Å². The van der Waals surface area contributed by atoms with Crippen LogP contribution in [0.1, 0.15) is 18.4 Å². The predicted molar refractivity (Wildman–Crippen MR) is 64.1 cm³/mol. The van der Waals surface area contributed by atoms with Gasteiger partial charge in [-0.25, -0.2) is 0 Å². The Hall–Kier alpha value is -1.68. The summed E-state index contributed by atoms with van der Waals surface area (Å²) >= 11 is 0. The fraction of sp³-hybridized carbons (Fsp3) is 0.385. The standard InChI is InChI=1S/C13H15N3O/c17-9-11-3-5-14-12(7-11)13-4-6-15-16(13)8-10-1-2-10/h3-7,10,17H,1-2,8-9H2. The minimum absolute atomic E-state index is 0.0479. The number of aromatic nitrogens is 3. The third-order valence-electron chi connectivity index (χ3n) is 3.11. The van der Waals surface area contributed by atoms with Crippen LogP contribution in [0.25, 0.3) is 11.4 Å². The summed E-state index contributed by atoms with van der Waals surface area (Å²) in [7, 11) is 0. The van der Waals surface area contributed by atoms with Crippen molar-refractivity contribution in [1.29, 1.82) is 0 Å². The van der Waals surface area contributed by atoms with Crippen LogP contribution in [0.4, 0.5) is 0 Å². The van der Waals surface area contributed by atoms with Gasteiger partial charge in [0.15, 0.2) is 0 Å². The smallest absolute Gasteiger partial charge is 0.0886 e. The van der Waals surface area contributed by atoms with E-state index >= 15 is 0 Å². The number of rotatable bonds is 4. The fourth-order valence-electron chi connectivity index (χ4n) is 1.95. The molecule has 0 atom stereocenters. The predicted octanol–water partition coefficient (Wildman–Crippen LogP) is 1.85. The molecular weight excluding hydrogens is 214 g/mol. The van der Waals surface area contributed by atoms with E-state index in [2.05, 4.69) is 10.1 Å². The lowest BCUT2D eigenvalue weighted by atomic mass is 10.2. The highest BCUT2D eigenvalue weighted by Crippen LogP contribution is 2.31. The van der Waals surface area contributed by atoms with E-state index in [1.54, 1.807) is 6.20 Å². The number of aliphatic hydroxyl groups excluding tert-OH is 1. The first-order valence-corrected chi connectivity index (χ1v) is 5.95.